The first-order valence-corrected chi connectivity index (χ1v) is 8.61. The molecule has 0 N–H and O–H groups in total. The standard InChI is InChI=1S/C21H22O/c22-21(19-13-5-9-15-7-1-3-11-17(15)19)20-14-6-10-16-8-2-4-12-18(16)20/h5-6,9-10,13-14H,1-4,7-8,11-12H2. The van der Waals surface area contributed by atoms with Crippen LogP contribution in [-0.4, -0.2) is 5.78 Å². The summed E-state index contributed by atoms with van der Waals surface area (Å²) in [6.07, 6.45) is 9.32. The van der Waals surface area contributed by atoms with Crippen LogP contribution in [0.3, 0.4) is 0 Å². The van der Waals surface area contributed by atoms with E-state index < -0.39 is 0 Å². The van der Waals surface area contributed by atoms with Gasteiger partial charge in [0.2, 0.25) is 0 Å². The van der Waals surface area contributed by atoms with Gasteiger partial charge in [-0.3, -0.25) is 4.79 Å². The molecule has 1 nitrogen and oxygen atoms in total. The molecule has 0 spiro atoms. The Kier molecular flexibility index (Phi) is 3.57. The van der Waals surface area contributed by atoms with Crippen LogP contribution in [0, 0.1) is 0 Å². The lowest BCUT2D eigenvalue weighted by atomic mass is 9.82. The van der Waals surface area contributed by atoms with Crippen molar-refractivity contribution in [1.29, 1.82) is 0 Å². The average Bonchev–Trinajstić information content (AvgIpc) is 2.60. The first-order chi connectivity index (χ1) is 10.8. The van der Waals surface area contributed by atoms with Crippen LogP contribution in [0.5, 0.6) is 0 Å². The van der Waals surface area contributed by atoms with Gasteiger partial charge >= 0.3 is 0 Å². The van der Waals surface area contributed by atoms with Crippen LogP contribution >= 0.6 is 0 Å². The van der Waals surface area contributed by atoms with Crippen LogP contribution < -0.4 is 0 Å². The van der Waals surface area contributed by atoms with Gasteiger partial charge in [0, 0.05) is 11.1 Å². The number of benzene rings is 2. The zero-order valence-corrected chi connectivity index (χ0v) is 13.0. The first-order valence-electron chi connectivity index (χ1n) is 8.61. The summed E-state index contributed by atoms with van der Waals surface area (Å²) in [6, 6.07) is 12.6. The lowest BCUT2D eigenvalue weighted by Crippen LogP contribution is -2.15. The van der Waals surface area contributed by atoms with Crippen molar-refractivity contribution in [2.24, 2.45) is 0 Å². The van der Waals surface area contributed by atoms with Gasteiger partial charge in [0.05, 0.1) is 0 Å². The molecule has 0 heterocycles. The molecular weight excluding hydrogens is 268 g/mol. The molecule has 0 bridgehead atoms. The minimum atomic E-state index is 0.248. The van der Waals surface area contributed by atoms with Gasteiger partial charge in [-0.15, -0.1) is 0 Å². The first kappa shape index (κ1) is 13.8. The van der Waals surface area contributed by atoms with Gasteiger partial charge in [-0.1, -0.05) is 36.4 Å². The molecule has 0 aliphatic heterocycles. The molecule has 2 aliphatic carbocycles. The second-order valence-corrected chi connectivity index (χ2v) is 6.63. The van der Waals surface area contributed by atoms with E-state index in [4.69, 9.17) is 0 Å². The molecular formula is C21H22O. The van der Waals surface area contributed by atoms with Crippen molar-refractivity contribution in [2.45, 2.75) is 51.4 Å². The molecule has 0 aromatic heterocycles. The smallest absolute Gasteiger partial charge is 0.193 e. The molecule has 2 aromatic carbocycles. The number of rotatable bonds is 2. The molecule has 0 atom stereocenters. The minimum absolute atomic E-state index is 0.248. The SMILES string of the molecule is O=C(c1cccc2c1CCCC2)c1cccc2c1CCCC2. The van der Waals surface area contributed by atoms with E-state index in [0.717, 1.165) is 36.8 Å². The monoisotopic (exact) mass is 290 g/mol. The third-order valence-electron chi connectivity index (χ3n) is 5.28. The highest BCUT2D eigenvalue weighted by molar-refractivity contribution is 6.11. The Balaban J connectivity index is 1.80. The summed E-state index contributed by atoms with van der Waals surface area (Å²) in [5.74, 6) is 0.248. The number of carbonyl (C=O) groups is 1. The summed E-state index contributed by atoms with van der Waals surface area (Å²) in [7, 11) is 0. The number of aryl methyl sites for hydroxylation is 2. The third-order valence-corrected chi connectivity index (χ3v) is 5.28. The van der Waals surface area contributed by atoms with E-state index in [-0.39, 0.29) is 5.78 Å². The Morgan fingerprint density at radius 1 is 0.636 bits per heavy atom. The number of hydrogen-bond donors (Lipinski definition) is 0. The molecule has 0 saturated heterocycles. The maximum atomic E-state index is 13.2. The van der Waals surface area contributed by atoms with Crippen LogP contribution in [0.4, 0.5) is 0 Å². The van der Waals surface area contributed by atoms with E-state index in [1.807, 2.05) is 12.1 Å². The topological polar surface area (TPSA) is 17.1 Å². The summed E-state index contributed by atoms with van der Waals surface area (Å²) in [6.45, 7) is 0. The summed E-state index contributed by atoms with van der Waals surface area (Å²) >= 11 is 0. The van der Waals surface area contributed by atoms with E-state index in [2.05, 4.69) is 24.3 Å². The Hall–Kier alpha value is -1.89. The summed E-state index contributed by atoms with van der Waals surface area (Å²) in [4.78, 5) is 13.2. The summed E-state index contributed by atoms with van der Waals surface area (Å²) in [5, 5.41) is 0. The minimum Gasteiger partial charge on any atom is -0.289 e. The predicted octanol–water partition coefficient (Wildman–Crippen LogP) is 4.68. The van der Waals surface area contributed by atoms with E-state index in [1.165, 1.54) is 47.9 Å². The molecule has 112 valence electrons. The molecule has 0 fully saturated rings. The maximum Gasteiger partial charge on any atom is 0.193 e. The van der Waals surface area contributed by atoms with Crippen molar-refractivity contribution in [1.82, 2.24) is 0 Å². The van der Waals surface area contributed by atoms with Gasteiger partial charge in [0.25, 0.3) is 0 Å². The number of hydrogen-bond acceptors (Lipinski definition) is 1. The quantitative estimate of drug-likeness (QED) is 0.734. The molecule has 1 heteroatoms. The largest absolute Gasteiger partial charge is 0.289 e. The molecule has 0 saturated carbocycles. The van der Waals surface area contributed by atoms with E-state index >= 15 is 0 Å². The Morgan fingerprint density at radius 2 is 1.09 bits per heavy atom. The summed E-state index contributed by atoms with van der Waals surface area (Å²) in [5.41, 5.74) is 7.32. The molecule has 0 radical (unpaired) electrons. The van der Waals surface area contributed by atoms with Crippen LogP contribution in [0.15, 0.2) is 36.4 Å². The van der Waals surface area contributed by atoms with Crippen molar-refractivity contribution < 1.29 is 4.79 Å². The normalized spacial score (nSPS) is 16.7. The fraction of sp³-hybridized carbons (Fsp3) is 0.381. The Bertz CT molecular complexity index is 665. The highest BCUT2D eigenvalue weighted by atomic mass is 16.1. The van der Waals surface area contributed by atoms with Crippen molar-refractivity contribution in [3.63, 3.8) is 0 Å². The molecule has 22 heavy (non-hydrogen) atoms. The molecule has 2 aromatic rings. The van der Waals surface area contributed by atoms with Crippen molar-refractivity contribution in [2.75, 3.05) is 0 Å². The molecule has 0 amide bonds. The van der Waals surface area contributed by atoms with Gasteiger partial charge in [-0.2, -0.15) is 0 Å². The van der Waals surface area contributed by atoms with Gasteiger partial charge in [0.1, 0.15) is 0 Å². The van der Waals surface area contributed by atoms with Crippen molar-refractivity contribution in [3.8, 4) is 0 Å². The third kappa shape index (κ3) is 2.29. The van der Waals surface area contributed by atoms with Crippen LogP contribution in [0.25, 0.3) is 0 Å². The Morgan fingerprint density at radius 3 is 1.59 bits per heavy atom. The van der Waals surface area contributed by atoms with Crippen LogP contribution in [0.1, 0.15) is 63.9 Å². The Labute approximate surface area is 132 Å². The zero-order chi connectivity index (χ0) is 14.9. The van der Waals surface area contributed by atoms with Gasteiger partial charge in [-0.05, 0) is 73.6 Å². The van der Waals surface area contributed by atoms with Crippen LogP contribution in [0.2, 0.25) is 0 Å². The van der Waals surface area contributed by atoms with Crippen LogP contribution in [-0.2, 0) is 25.7 Å². The van der Waals surface area contributed by atoms with Crippen molar-refractivity contribution >= 4 is 5.78 Å². The predicted molar refractivity (Wildman–Crippen MR) is 89.6 cm³/mol. The van der Waals surface area contributed by atoms with Gasteiger partial charge in [-0.25, -0.2) is 0 Å². The second-order valence-electron chi connectivity index (χ2n) is 6.63. The second kappa shape index (κ2) is 5.72. The maximum absolute atomic E-state index is 13.2. The number of fused-ring (bicyclic) bond motifs is 2. The van der Waals surface area contributed by atoms with E-state index in [1.54, 1.807) is 0 Å². The van der Waals surface area contributed by atoms with Gasteiger partial charge < -0.3 is 0 Å². The molecule has 2 aliphatic rings. The van der Waals surface area contributed by atoms with Gasteiger partial charge in [0.15, 0.2) is 5.78 Å². The fourth-order valence-electron chi connectivity index (χ4n) is 4.13. The zero-order valence-electron chi connectivity index (χ0n) is 13.0. The number of ketones is 1. The highest BCUT2D eigenvalue weighted by Crippen LogP contribution is 2.30. The lowest BCUT2D eigenvalue weighted by Gasteiger charge is -2.21. The average molecular weight is 290 g/mol. The number of carbonyl (C=O) groups excluding carboxylic acids is 1. The van der Waals surface area contributed by atoms with Crippen molar-refractivity contribution in [3.05, 3.63) is 69.8 Å². The fourth-order valence-corrected chi connectivity index (χ4v) is 4.13. The van der Waals surface area contributed by atoms with E-state index in [9.17, 15) is 4.79 Å². The summed E-state index contributed by atoms with van der Waals surface area (Å²) < 4.78 is 0. The molecule has 4 rings (SSSR count). The lowest BCUT2D eigenvalue weighted by molar-refractivity contribution is 0.103. The van der Waals surface area contributed by atoms with E-state index in [0.29, 0.717) is 0 Å². The highest BCUT2D eigenvalue weighted by Gasteiger charge is 2.22. The molecule has 0 unspecified atom stereocenters.